The van der Waals surface area contributed by atoms with Crippen LogP contribution in [0.15, 0.2) is 71.9 Å². The van der Waals surface area contributed by atoms with Gasteiger partial charge in [0.1, 0.15) is 11.9 Å². The van der Waals surface area contributed by atoms with Gasteiger partial charge in [0.25, 0.3) is 0 Å². The maximum atomic E-state index is 6.13. The SMILES string of the molecule is CCNC(=NCc1cccc2cccnc12)N1CCC(Oc2ccccc2)CC1. The van der Waals surface area contributed by atoms with Crippen molar-refractivity contribution in [1.82, 2.24) is 15.2 Å². The van der Waals surface area contributed by atoms with E-state index in [1.165, 1.54) is 0 Å². The first-order valence-electron chi connectivity index (χ1n) is 10.4. The minimum atomic E-state index is 0.263. The van der Waals surface area contributed by atoms with Crippen LogP contribution in [0.25, 0.3) is 10.9 Å². The summed E-state index contributed by atoms with van der Waals surface area (Å²) in [6.45, 7) is 5.47. The summed E-state index contributed by atoms with van der Waals surface area (Å²) in [5.74, 6) is 1.92. The van der Waals surface area contributed by atoms with Crippen molar-refractivity contribution in [3.8, 4) is 5.75 Å². The Labute approximate surface area is 172 Å². The van der Waals surface area contributed by atoms with Gasteiger partial charge < -0.3 is 15.0 Å². The van der Waals surface area contributed by atoms with E-state index < -0.39 is 0 Å². The summed E-state index contributed by atoms with van der Waals surface area (Å²) in [5.41, 5.74) is 2.19. The number of rotatable bonds is 5. The number of para-hydroxylation sites is 2. The molecule has 1 saturated heterocycles. The van der Waals surface area contributed by atoms with Crippen LogP contribution in [0.1, 0.15) is 25.3 Å². The van der Waals surface area contributed by atoms with Crippen molar-refractivity contribution in [2.75, 3.05) is 19.6 Å². The molecule has 2 aromatic carbocycles. The van der Waals surface area contributed by atoms with Crippen LogP contribution >= 0.6 is 0 Å². The van der Waals surface area contributed by atoms with Gasteiger partial charge in [0.15, 0.2) is 5.96 Å². The molecular formula is C24H28N4O. The molecule has 0 saturated carbocycles. The van der Waals surface area contributed by atoms with Gasteiger partial charge in [0, 0.05) is 44.1 Å². The van der Waals surface area contributed by atoms with E-state index in [2.05, 4.69) is 46.4 Å². The average Bonchev–Trinajstić information content (AvgIpc) is 2.78. The molecule has 5 heteroatoms. The zero-order valence-corrected chi connectivity index (χ0v) is 16.9. The summed E-state index contributed by atoms with van der Waals surface area (Å²) in [7, 11) is 0. The van der Waals surface area contributed by atoms with Crippen LogP contribution in [0.5, 0.6) is 5.75 Å². The number of aromatic nitrogens is 1. The minimum absolute atomic E-state index is 0.263. The van der Waals surface area contributed by atoms with Crippen molar-refractivity contribution in [2.45, 2.75) is 32.4 Å². The topological polar surface area (TPSA) is 49.8 Å². The number of piperidine rings is 1. The van der Waals surface area contributed by atoms with Crippen LogP contribution < -0.4 is 10.1 Å². The first kappa shape index (κ1) is 19.2. The van der Waals surface area contributed by atoms with E-state index in [0.29, 0.717) is 6.54 Å². The number of pyridine rings is 1. The molecule has 3 aromatic rings. The molecular weight excluding hydrogens is 360 g/mol. The lowest BCUT2D eigenvalue weighted by molar-refractivity contribution is 0.129. The average molecular weight is 389 g/mol. The van der Waals surface area contributed by atoms with Crippen molar-refractivity contribution < 1.29 is 4.74 Å². The van der Waals surface area contributed by atoms with Gasteiger partial charge in [0.2, 0.25) is 0 Å². The number of aliphatic imine (C=N–C) groups is 1. The normalized spacial score (nSPS) is 15.5. The smallest absolute Gasteiger partial charge is 0.194 e. The Balaban J connectivity index is 1.41. The number of fused-ring (bicyclic) bond motifs is 1. The quantitative estimate of drug-likeness (QED) is 0.525. The third-order valence-corrected chi connectivity index (χ3v) is 5.24. The first-order valence-corrected chi connectivity index (χ1v) is 10.4. The molecule has 0 atom stereocenters. The molecule has 0 radical (unpaired) electrons. The Morgan fingerprint density at radius 3 is 2.66 bits per heavy atom. The van der Waals surface area contributed by atoms with E-state index in [-0.39, 0.29) is 6.10 Å². The van der Waals surface area contributed by atoms with Crippen LogP contribution in [0.4, 0.5) is 0 Å². The second-order valence-electron chi connectivity index (χ2n) is 7.28. The number of benzene rings is 2. The Morgan fingerprint density at radius 1 is 1.07 bits per heavy atom. The number of ether oxygens (including phenoxy) is 1. The van der Waals surface area contributed by atoms with E-state index in [4.69, 9.17) is 9.73 Å². The summed E-state index contributed by atoms with van der Waals surface area (Å²) < 4.78 is 6.13. The fourth-order valence-corrected chi connectivity index (χ4v) is 3.76. The molecule has 29 heavy (non-hydrogen) atoms. The molecule has 5 nitrogen and oxygen atoms in total. The standard InChI is InChI=1S/C24H28N4O/c1-2-25-24(27-18-20-9-6-8-19-10-7-15-26-23(19)20)28-16-13-22(14-17-28)29-21-11-4-3-5-12-21/h3-12,15,22H,2,13-14,16-18H2,1H3,(H,25,27). The minimum Gasteiger partial charge on any atom is -0.490 e. The van der Waals surface area contributed by atoms with Gasteiger partial charge in [-0.05, 0) is 30.7 Å². The van der Waals surface area contributed by atoms with Crippen molar-refractivity contribution in [3.63, 3.8) is 0 Å². The van der Waals surface area contributed by atoms with Crippen LogP contribution in [0, 0.1) is 0 Å². The Kier molecular flexibility index (Phi) is 6.25. The summed E-state index contributed by atoms with van der Waals surface area (Å²) in [5, 5.41) is 4.61. The highest BCUT2D eigenvalue weighted by molar-refractivity contribution is 5.83. The van der Waals surface area contributed by atoms with Gasteiger partial charge in [-0.3, -0.25) is 4.98 Å². The van der Waals surface area contributed by atoms with Crippen LogP contribution in [0.2, 0.25) is 0 Å². The van der Waals surface area contributed by atoms with Gasteiger partial charge in [0.05, 0.1) is 12.1 Å². The van der Waals surface area contributed by atoms with Gasteiger partial charge in [-0.1, -0.05) is 42.5 Å². The molecule has 0 aliphatic carbocycles. The van der Waals surface area contributed by atoms with E-state index in [1.54, 1.807) is 0 Å². The highest BCUT2D eigenvalue weighted by Crippen LogP contribution is 2.20. The van der Waals surface area contributed by atoms with Crippen LogP contribution in [-0.2, 0) is 6.54 Å². The third kappa shape index (κ3) is 4.86. The molecule has 2 heterocycles. The van der Waals surface area contributed by atoms with E-state index >= 15 is 0 Å². The van der Waals surface area contributed by atoms with Crippen molar-refractivity contribution in [3.05, 3.63) is 72.4 Å². The molecule has 1 fully saturated rings. The van der Waals surface area contributed by atoms with Crippen molar-refractivity contribution in [1.29, 1.82) is 0 Å². The number of hydrogen-bond donors (Lipinski definition) is 1. The summed E-state index contributed by atoms with van der Waals surface area (Å²) in [4.78, 5) is 11.8. The summed E-state index contributed by atoms with van der Waals surface area (Å²) in [6.07, 6.45) is 4.10. The fourth-order valence-electron chi connectivity index (χ4n) is 3.76. The highest BCUT2D eigenvalue weighted by atomic mass is 16.5. The van der Waals surface area contributed by atoms with Gasteiger partial charge >= 0.3 is 0 Å². The van der Waals surface area contributed by atoms with Gasteiger partial charge in [-0.25, -0.2) is 4.99 Å². The molecule has 0 bridgehead atoms. The Hall–Kier alpha value is -3.08. The van der Waals surface area contributed by atoms with E-state index in [9.17, 15) is 0 Å². The zero-order valence-electron chi connectivity index (χ0n) is 16.9. The largest absolute Gasteiger partial charge is 0.490 e. The Bertz CT molecular complexity index is 944. The second kappa shape index (κ2) is 9.41. The predicted molar refractivity (Wildman–Crippen MR) is 118 cm³/mol. The summed E-state index contributed by atoms with van der Waals surface area (Å²) >= 11 is 0. The molecule has 1 aromatic heterocycles. The monoisotopic (exact) mass is 388 g/mol. The maximum absolute atomic E-state index is 6.13. The van der Waals surface area contributed by atoms with Crippen molar-refractivity contribution in [2.24, 2.45) is 4.99 Å². The maximum Gasteiger partial charge on any atom is 0.194 e. The molecule has 150 valence electrons. The molecule has 1 N–H and O–H groups in total. The molecule has 1 aliphatic heterocycles. The van der Waals surface area contributed by atoms with Gasteiger partial charge in [-0.2, -0.15) is 0 Å². The molecule has 1 aliphatic rings. The number of nitrogens with one attached hydrogen (secondary N) is 1. The molecule has 0 unspecified atom stereocenters. The molecule has 0 amide bonds. The molecule has 0 spiro atoms. The predicted octanol–water partition coefficient (Wildman–Crippen LogP) is 4.24. The lowest BCUT2D eigenvalue weighted by Gasteiger charge is -2.34. The Morgan fingerprint density at radius 2 is 1.86 bits per heavy atom. The van der Waals surface area contributed by atoms with Gasteiger partial charge in [-0.15, -0.1) is 0 Å². The lowest BCUT2D eigenvalue weighted by atomic mass is 10.1. The first-order chi connectivity index (χ1) is 14.3. The number of hydrogen-bond acceptors (Lipinski definition) is 3. The third-order valence-electron chi connectivity index (χ3n) is 5.24. The number of likely N-dealkylation sites (tertiary alicyclic amines) is 1. The van der Waals surface area contributed by atoms with Crippen LogP contribution in [0.3, 0.4) is 0 Å². The van der Waals surface area contributed by atoms with E-state index in [1.807, 2.05) is 42.6 Å². The van der Waals surface area contributed by atoms with Crippen LogP contribution in [-0.4, -0.2) is 41.6 Å². The summed E-state index contributed by atoms with van der Waals surface area (Å²) in [6, 6.07) is 20.4. The molecule has 4 rings (SSSR count). The lowest BCUT2D eigenvalue weighted by Crippen LogP contribution is -2.47. The second-order valence-corrected chi connectivity index (χ2v) is 7.28. The zero-order chi connectivity index (χ0) is 19.9. The number of nitrogens with zero attached hydrogens (tertiary/aromatic N) is 3. The van der Waals surface area contributed by atoms with Crippen molar-refractivity contribution >= 4 is 16.9 Å². The highest BCUT2D eigenvalue weighted by Gasteiger charge is 2.22. The van der Waals surface area contributed by atoms with E-state index in [0.717, 1.165) is 60.7 Å². The number of guanidine groups is 1. The fraction of sp³-hybridized carbons (Fsp3) is 0.333.